The molecule has 2 heterocycles. The summed E-state index contributed by atoms with van der Waals surface area (Å²) in [6.07, 6.45) is -4.49. The van der Waals surface area contributed by atoms with Gasteiger partial charge in [-0.25, -0.2) is 4.98 Å². The molecule has 11 heteroatoms. The monoisotopic (exact) mass is 461 g/mol. The number of benzene rings is 2. The van der Waals surface area contributed by atoms with Crippen molar-refractivity contribution in [1.82, 2.24) is 8.96 Å². The van der Waals surface area contributed by atoms with Gasteiger partial charge in [0.2, 0.25) is 0 Å². The van der Waals surface area contributed by atoms with Crippen molar-refractivity contribution < 1.29 is 23.2 Å². The van der Waals surface area contributed by atoms with Crippen LogP contribution in [-0.4, -0.2) is 24.7 Å². The molecule has 0 aliphatic carbocycles. The molecule has 0 saturated carbocycles. The summed E-state index contributed by atoms with van der Waals surface area (Å²) in [5.41, 5.74) is -1.83. The van der Waals surface area contributed by atoms with Gasteiger partial charge in [0, 0.05) is 12.1 Å². The highest BCUT2D eigenvalue weighted by Crippen LogP contribution is 2.44. The molecule has 0 amide bonds. The van der Waals surface area contributed by atoms with Crippen LogP contribution in [0.5, 0.6) is 0 Å². The summed E-state index contributed by atoms with van der Waals surface area (Å²) in [6, 6.07) is 8.72. The molecule has 1 unspecified atom stereocenters. The molecule has 0 saturated heterocycles. The zero-order valence-electron chi connectivity index (χ0n) is 13.3. The van der Waals surface area contributed by atoms with E-state index in [0.717, 1.165) is 12.1 Å². The van der Waals surface area contributed by atoms with Gasteiger partial charge in [-0.3, -0.25) is 14.1 Å². The van der Waals surface area contributed by atoms with E-state index in [1.54, 1.807) is 3.97 Å². The lowest BCUT2D eigenvalue weighted by atomic mass is 9.95. The predicted molar refractivity (Wildman–Crippen MR) is 99.0 cm³/mol. The maximum Gasteiger partial charge on any atom is 0.416 e. The van der Waals surface area contributed by atoms with Crippen LogP contribution in [-0.2, 0) is 11.8 Å². The second kappa shape index (κ2) is 6.50. The number of nitrogens with zero attached hydrogens (tertiary/aromatic N) is 3. The van der Waals surface area contributed by atoms with Gasteiger partial charge < -0.3 is 5.11 Å². The number of rotatable bonds is 2. The number of alkyl halides is 3. The highest BCUT2D eigenvalue weighted by Gasteiger charge is 2.43. The Labute approximate surface area is 165 Å². The lowest BCUT2D eigenvalue weighted by Gasteiger charge is -2.20. The molecule has 27 heavy (non-hydrogen) atoms. The summed E-state index contributed by atoms with van der Waals surface area (Å²) in [7, 11) is 0. The number of fused-ring (bicyclic) bond motifs is 3. The third-order valence-electron chi connectivity index (χ3n) is 4.25. The molecule has 142 valence electrons. The summed E-state index contributed by atoms with van der Waals surface area (Å²) in [5, 5.41) is 22.1. The van der Waals surface area contributed by atoms with Crippen molar-refractivity contribution in [2.75, 3.05) is 5.75 Å². The smallest absolute Gasteiger partial charge is 0.376 e. The minimum atomic E-state index is -4.49. The fraction of sp³-hybridized carbons (Fsp3) is 0.188. The molecule has 1 aromatic heterocycles. The molecule has 0 radical (unpaired) electrons. The van der Waals surface area contributed by atoms with Gasteiger partial charge in [-0.05, 0) is 35.7 Å². The Bertz CT molecular complexity index is 1060. The number of halogens is 4. The van der Waals surface area contributed by atoms with Gasteiger partial charge in [0.05, 0.1) is 27.3 Å². The predicted octanol–water partition coefficient (Wildman–Crippen LogP) is 4.29. The standard InChI is InChI=1S/C16H10F3N3O3S.BrH/c17-16(18,19)10-4-5-13-12(7-10)20-14-15(23,8-26-21(13)14)9-2-1-3-11(6-9)22(24)25;/h1-7,23H,8H2;1H. The van der Waals surface area contributed by atoms with E-state index in [1.165, 1.54) is 42.3 Å². The first-order chi connectivity index (χ1) is 12.2. The number of nitro benzene ring substituents is 1. The molecule has 1 aliphatic heterocycles. The van der Waals surface area contributed by atoms with Crippen LogP contribution in [0.15, 0.2) is 42.5 Å². The van der Waals surface area contributed by atoms with Crippen LogP contribution in [0.3, 0.4) is 0 Å². The van der Waals surface area contributed by atoms with Crippen molar-refractivity contribution in [1.29, 1.82) is 0 Å². The molecule has 1 aliphatic rings. The van der Waals surface area contributed by atoms with Crippen LogP contribution in [0, 0.1) is 10.1 Å². The van der Waals surface area contributed by atoms with E-state index in [4.69, 9.17) is 0 Å². The van der Waals surface area contributed by atoms with Gasteiger partial charge >= 0.3 is 6.18 Å². The average Bonchev–Trinajstić information content (AvgIpc) is 3.12. The van der Waals surface area contributed by atoms with Gasteiger partial charge in [-0.1, -0.05) is 12.1 Å². The summed E-state index contributed by atoms with van der Waals surface area (Å²) in [4.78, 5) is 14.6. The van der Waals surface area contributed by atoms with Crippen molar-refractivity contribution in [2.45, 2.75) is 11.8 Å². The van der Waals surface area contributed by atoms with Crippen molar-refractivity contribution in [3.8, 4) is 0 Å². The fourth-order valence-electron chi connectivity index (χ4n) is 2.94. The molecule has 2 aromatic carbocycles. The van der Waals surface area contributed by atoms with E-state index >= 15 is 0 Å². The number of imidazole rings is 1. The van der Waals surface area contributed by atoms with E-state index in [2.05, 4.69) is 4.98 Å². The van der Waals surface area contributed by atoms with Crippen molar-refractivity contribution in [3.63, 3.8) is 0 Å². The largest absolute Gasteiger partial charge is 0.416 e. The topological polar surface area (TPSA) is 81.2 Å². The van der Waals surface area contributed by atoms with Crippen molar-refractivity contribution in [3.05, 3.63) is 69.5 Å². The number of aliphatic hydroxyl groups is 1. The lowest BCUT2D eigenvalue weighted by molar-refractivity contribution is -0.385. The summed E-state index contributed by atoms with van der Waals surface area (Å²) in [6.45, 7) is 0. The molecule has 1 N–H and O–H groups in total. The van der Waals surface area contributed by atoms with Gasteiger partial charge in [0.15, 0.2) is 11.4 Å². The van der Waals surface area contributed by atoms with E-state index in [0.29, 0.717) is 5.52 Å². The first-order valence-corrected chi connectivity index (χ1v) is 8.35. The van der Waals surface area contributed by atoms with Gasteiger partial charge in [0.1, 0.15) is 0 Å². The van der Waals surface area contributed by atoms with Crippen molar-refractivity contribution >= 4 is 45.7 Å². The highest BCUT2D eigenvalue weighted by molar-refractivity contribution is 8.93. The summed E-state index contributed by atoms with van der Waals surface area (Å²) < 4.78 is 40.3. The van der Waals surface area contributed by atoms with Gasteiger partial charge in [0.25, 0.3) is 5.69 Å². The highest BCUT2D eigenvalue weighted by atomic mass is 79.9. The molecule has 3 aromatic rings. The van der Waals surface area contributed by atoms with Crippen molar-refractivity contribution in [2.24, 2.45) is 0 Å². The first-order valence-electron chi connectivity index (χ1n) is 7.41. The van der Waals surface area contributed by atoms with Crippen LogP contribution in [0.4, 0.5) is 18.9 Å². The SMILES string of the molecule is Br.O=[N+]([O-])c1cccc(C2(O)CSn3c2nc2cc(C(F)(F)F)ccc23)c1. The molecule has 4 rings (SSSR count). The average molecular weight is 462 g/mol. The number of hydrogen-bond donors (Lipinski definition) is 1. The molecular weight excluding hydrogens is 451 g/mol. The Kier molecular flexibility index (Phi) is 4.73. The van der Waals surface area contributed by atoms with E-state index in [1.807, 2.05) is 0 Å². The van der Waals surface area contributed by atoms with Crippen LogP contribution >= 0.6 is 28.9 Å². The number of hydrogen-bond acceptors (Lipinski definition) is 5. The number of nitro groups is 1. The molecule has 0 spiro atoms. The normalized spacial score (nSPS) is 19.0. The molecule has 0 bridgehead atoms. The Morgan fingerprint density at radius 2 is 2.00 bits per heavy atom. The molecular formula is C16H11BrF3N3O3S. The molecule has 0 fully saturated rings. The number of aromatic nitrogens is 2. The number of non-ortho nitro benzene ring substituents is 1. The van der Waals surface area contributed by atoms with Crippen LogP contribution in [0.25, 0.3) is 11.0 Å². The first kappa shape index (κ1) is 19.6. The second-order valence-corrected chi connectivity index (χ2v) is 6.78. The summed E-state index contributed by atoms with van der Waals surface area (Å²) in [5.74, 6) is 0.297. The third-order valence-corrected chi connectivity index (χ3v) is 5.42. The maximum atomic E-state index is 12.9. The quantitative estimate of drug-likeness (QED) is 0.454. The van der Waals surface area contributed by atoms with E-state index in [-0.39, 0.29) is 45.3 Å². The Hall–Kier alpha value is -2.11. The van der Waals surface area contributed by atoms with Gasteiger partial charge in [-0.2, -0.15) is 13.2 Å². The maximum absolute atomic E-state index is 12.9. The second-order valence-electron chi connectivity index (χ2n) is 5.87. The zero-order chi connectivity index (χ0) is 18.7. The van der Waals surface area contributed by atoms with E-state index < -0.39 is 22.3 Å². The molecule has 6 nitrogen and oxygen atoms in total. The van der Waals surface area contributed by atoms with E-state index in [9.17, 15) is 28.4 Å². The van der Waals surface area contributed by atoms with Gasteiger partial charge in [-0.15, -0.1) is 17.0 Å². The fourth-order valence-corrected chi connectivity index (χ4v) is 4.16. The summed E-state index contributed by atoms with van der Waals surface area (Å²) >= 11 is 1.19. The van der Waals surface area contributed by atoms with Crippen LogP contribution < -0.4 is 0 Å². The Morgan fingerprint density at radius 3 is 2.67 bits per heavy atom. The third kappa shape index (κ3) is 3.09. The van der Waals surface area contributed by atoms with Crippen LogP contribution in [0.1, 0.15) is 17.0 Å². The molecule has 1 atom stereocenters. The van der Waals surface area contributed by atoms with Crippen LogP contribution in [0.2, 0.25) is 0 Å². The Morgan fingerprint density at radius 1 is 1.26 bits per heavy atom. The zero-order valence-corrected chi connectivity index (χ0v) is 15.8. The minimum absolute atomic E-state index is 0. The lowest BCUT2D eigenvalue weighted by Crippen LogP contribution is -2.28. The minimum Gasteiger partial charge on any atom is -0.376 e. The Balaban J connectivity index is 0.00000210.